The number of carbonyl (C=O) groups excluding carboxylic acids is 1. The highest BCUT2D eigenvalue weighted by molar-refractivity contribution is 7.13. The molecule has 1 aromatic carbocycles. The topological polar surface area (TPSA) is 108 Å². The second-order valence-corrected chi connectivity index (χ2v) is 5.35. The van der Waals surface area contributed by atoms with Gasteiger partial charge in [-0.2, -0.15) is 0 Å². The van der Waals surface area contributed by atoms with E-state index in [4.69, 9.17) is 5.73 Å². The highest BCUT2D eigenvalue weighted by Gasteiger charge is 2.19. The van der Waals surface area contributed by atoms with Crippen LogP contribution in [0.15, 0.2) is 35.7 Å². The van der Waals surface area contributed by atoms with Crippen molar-refractivity contribution in [2.45, 2.75) is 0 Å². The number of fused-ring (bicyclic) bond motifs is 1. The maximum atomic E-state index is 11.4. The fourth-order valence-electron chi connectivity index (χ4n) is 2.23. The molecule has 2 amide bonds. The number of nitrogens with one attached hydrogen (secondary N) is 2. The summed E-state index contributed by atoms with van der Waals surface area (Å²) in [5, 5.41) is 14.1. The van der Waals surface area contributed by atoms with Crippen LogP contribution in [0.4, 0.5) is 10.6 Å². The summed E-state index contributed by atoms with van der Waals surface area (Å²) in [4.78, 5) is 26.3. The minimum absolute atomic E-state index is 0.00142. The van der Waals surface area contributed by atoms with Crippen LogP contribution in [-0.4, -0.2) is 22.1 Å². The molecule has 0 saturated carbocycles. The number of hydrogen-bond acceptors (Lipinski definition) is 3. The molecule has 0 saturated heterocycles. The minimum Gasteiger partial charge on any atom is -0.478 e. The molecule has 0 aliphatic carbocycles. The molecular formula is C14H11N3O3S. The number of anilines is 1. The van der Waals surface area contributed by atoms with Crippen LogP contribution in [0.5, 0.6) is 0 Å². The van der Waals surface area contributed by atoms with Crippen LogP contribution in [0.25, 0.3) is 21.3 Å². The third-order valence-electron chi connectivity index (χ3n) is 3.07. The molecule has 0 fully saturated rings. The molecule has 0 aliphatic rings. The number of rotatable bonds is 3. The van der Waals surface area contributed by atoms with E-state index in [1.807, 2.05) is 29.6 Å². The van der Waals surface area contributed by atoms with Gasteiger partial charge in [-0.1, -0.05) is 18.2 Å². The number of primary amides is 1. The molecule has 3 aromatic rings. The molecule has 7 heteroatoms. The van der Waals surface area contributed by atoms with Crippen molar-refractivity contribution in [1.29, 1.82) is 0 Å². The molecule has 0 unspecified atom stereocenters. The minimum atomic E-state index is -1.13. The number of urea groups is 1. The monoisotopic (exact) mass is 301 g/mol. The number of hydrogen-bond donors (Lipinski definition) is 4. The first-order valence-electron chi connectivity index (χ1n) is 6.05. The fourth-order valence-corrected chi connectivity index (χ4v) is 2.96. The molecule has 21 heavy (non-hydrogen) atoms. The molecule has 2 aromatic heterocycles. The number of benzene rings is 1. The maximum absolute atomic E-state index is 11.4. The smallest absolute Gasteiger partial charge is 0.340 e. The Labute approximate surface area is 123 Å². The number of carboxylic acid groups (broad SMARTS) is 1. The highest BCUT2D eigenvalue weighted by Crippen LogP contribution is 2.32. The van der Waals surface area contributed by atoms with E-state index in [0.29, 0.717) is 10.9 Å². The standard InChI is InChI=1S/C14H11N3O3S/c15-14(20)17-12-11(13(18)19)8-4-3-7(6-9(8)16-12)10-2-1-5-21-10/h1-6,16H,(H,18,19)(H3,15,17,20). The highest BCUT2D eigenvalue weighted by atomic mass is 32.1. The van der Waals surface area contributed by atoms with Gasteiger partial charge in [0, 0.05) is 15.8 Å². The molecule has 0 bridgehead atoms. The SMILES string of the molecule is NC(=O)Nc1[nH]c2cc(-c3cccs3)ccc2c1C(=O)O. The van der Waals surface area contributed by atoms with Crippen LogP contribution in [0.3, 0.4) is 0 Å². The largest absolute Gasteiger partial charge is 0.478 e. The van der Waals surface area contributed by atoms with E-state index in [-0.39, 0.29) is 11.4 Å². The van der Waals surface area contributed by atoms with Crippen molar-refractivity contribution in [3.05, 3.63) is 41.3 Å². The summed E-state index contributed by atoms with van der Waals surface area (Å²) in [7, 11) is 0. The molecule has 0 radical (unpaired) electrons. The number of aromatic carboxylic acids is 1. The summed E-state index contributed by atoms with van der Waals surface area (Å²) in [5.41, 5.74) is 6.66. The van der Waals surface area contributed by atoms with Crippen molar-refractivity contribution in [3.63, 3.8) is 0 Å². The second-order valence-electron chi connectivity index (χ2n) is 4.41. The number of amides is 2. The first kappa shape index (κ1) is 13.2. The number of aromatic amines is 1. The average Bonchev–Trinajstić information content (AvgIpc) is 3.03. The fraction of sp³-hybridized carbons (Fsp3) is 0. The first-order chi connectivity index (χ1) is 10.1. The molecule has 0 spiro atoms. The number of thiophene rings is 1. The van der Waals surface area contributed by atoms with Crippen molar-refractivity contribution in [3.8, 4) is 10.4 Å². The first-order valence-corrected chi connectivity index (χ1v) is 6.93. The summed E-state index contributed by atoms with van der Waals surface area (Å²) in [5.74, 6) is -1.04. The maximum Gasteiger partial charge on any atom is 0.340 e. The van der Waals surface area contributed by atoms with Gasteiger partial charge in [-0.05, 0) is 23.1 Å². The Morgan fingerprint density at radius 2 is 2.10 bits per heavy atom. The van der Waals surface area contributed by atoms with Gasteiger partial charge in [0.05, 0.1) is 0 Å². The second kappa shape index (κ2) is 4.95. The van der Waals surface area contributed by atoms with Gasteiger partial charge in [0.1, 0.15) is 11.4 Å². The van der Waals surface area contributed by atoms with E-state index in [9.17, 15) is 14.7 Å². The van der Waals surface area contributed by atoms with E-state index in [1.54, 1.807) is 17.4 Å². The van der Waals surface area contributed by atoms with Gasteiger partial charge < -0.3 is 15.8 Å². The Balaban J connectivity index is 2.18. The van der Waals surface area contributed by atoms with Crippen LogP contribution in [0.2, 0.25) is 0 Å². The number of carbonyl (C=O) groups is 2. The third kappa shape index (κ3) is 2.34. The Morgan fingerprint density at radius 1 is 1.29 bits per heavy atom. The Kier molecular flexibility index (Phi) is 3.11. The zero-order chi connectivity index (χ0) is 15.0. The van der Waals surface area contributed by atoms with Crippen LogP contribution >= 0.6 is 11.3 Å². The van der Waals surface area contributed by atoms with Crippen molar-refractivity contribution in [2.75, 3.05) is 5.32 Å². The Morgan fingerprint density at radius 3 is 2.71 bits per heavy atom. The molecule has 5 N–H and O–H groups in total. The van der Waals surface area contributed by atoms with Gasteiger partial charge in [-0.25, -0.2) is 9.59 Å². The van der Waals surface area contributed by atoms with E-state index in [2.05, 4.69) is 10.3 Å². The zero-order valence-corrected chi connectivity index (χ0v) is 11.5. The van der Waals surface area contributed by atoms with Crippen molar-refractivity contribution < 1.29 is 14.7 Å². The molecule has 2 heterocycles. The van der Waals surface area contributed by atoms with Gasteiger partial charge in [-0.3, -0.25) is 5.32 Å². The molecule has 3 rings (SSSR count). The number of carboxylic acids is 1. The van der Waals surface area contributed by atoms with Gasteiger partial charge >= 0.3 is 12.0 Å². The third-order valence-corrected chi connectivity index (χ3v) is 3.99. The normalized spacial score (nSPS) is 10.7. The van der Waals surface area contributed by atoms with E-state index >= 15 is 0 Å². The number of nitrogens with two attached hydrogens (primary N) is 1. The zero-order valence-electron chi connectivity index (χ0n) is 10.7. The van der Waals surface area contributed by atoms with E-state index in [1.165, 1.54) is 0 Å². The van der Waals surface area contributed by atoms with Crippen LogP contribution < -0.4 is 11.1 Å². The summed E-state index contributed by atoms with van der Waals surface area (Å²) in [6.07, 6.45) is 0. The lowest BCUT2D eigenvalue weighted by molar-refractivity contribution is 0.0700. The lowest BCUT2D eigenvalue weighted by Gasteiger charge is -1.99. The summed E-state index contributed by atoms with van der Waals surface area (Å²) < 4.78 is 0. The number of aromatic nitrogens is 1. The van der Waals surface area contributed by atoms with Gasteiger partial charge in [0.2, 0.25) is 0 Å². The van der Waals surface area contributed by atoms with E-state index in [0.717, 1.165) is 10.4 Å². The summed E-state index contributed by atoms with van der Waals surface area (Å²) >= 11 is 1.59. The molecular weight excluding hydrogens is 290 g/mol. The lowest BCUT2D eigenvalue weighted by Crippen LogP contribution is -2.20. The van der Waals surface area contributed by atoms with E-state index < -0.39 is 12.0 Å². The quantitative estimate of drug-likeness (QED) is 0.597. The number of H-pyrrole nitrogens is 1. The lowest BCUT2D eigenvalue weighted by atomic mass is 10.1. The van der Waals surface area contributed by atoms with Crippen molar-refractivity contribution in [1.82, 2.24) is 4.98 Å². The van der Waals surface area contributed by atoms with Crippen LogP contribution in [0.1, 0.15) is 10.4 Å². The molecule has 6 nitrogen and oxygen atoms in total. The molecule has 0 atom stereocenters. The predicted octanol–water partition coefficient (Wildman–Crippen LogP) is 3.09. The Hall–Kier alpha value is -2.80. The van der Waals surface area contributed by atoms with Crippen molar-refractivity contribution in [2.24, 2.45) is 5.73 Å². The average molecular weight is 301 g/mol. The molecule has 106 valence electrons. The Bertz CT molecular complexity index is 837. The summed E-state index contributed by atoms with van der Waals surface area (Å²) in [6, 6.07) is 8.53. The summed E-state index contributed by atoms with van der Waals surface area (Å²) in [6.45, 7) is 0. The van der Waals surface area contributed by atoms with Gasteiger partial charge in [0.25, 0.3) is 0 Å². The van der Waals surface area contributed by atoms with Crippen LogP contribution in [-0.2, 0) is 0 Å². The van der Waals surface area contributed by atoms with Gasteiger partial charge in [-0.15, -0.1) is 11.3 Å². The molecule has 0 aliphatic heterocycles. The van der Waals surface area contributed by atoms with Crippen molar-refractivity contribution >= 4 is 40.1 Å². The van der Waals surface area contributed by atoms with Gasteiger partial charge in [0.15, 0.2) is 0 Å². The van der Waals surface area contributed by atoms with Crippen LogP contribution in [0, 0.1) is 0 Å². The predicted molar refractivity (Wildman–Crippen MR) is 81.8 cm³/mol.